The highest BCUT2D eigenvalue weighted by Gasteiger charge is 2.53. The number of benzene rings is 1. The number of nitrogens with zero attached hydrogens (tertiary/aromatic N) is 2. The van der Waals surface area contributed by atoms with Gasteiger partial charge in [0, 0.05) is 54.1 Å². The van der Waals surface area contributed by atoms with Crippen molar-refractivity contribution in [1.82, 2.24) is 0 Å². The van der Waals surface area contributed by atoms with Gasteiger partial charge in [0.25, 0.3) is 0 Å². The van der Waals surface area contributed by atoms with Crippen molar-refractivity contribution in [3.05, 3.63) is 80.8 Å². The number of hydrogen-bond donors (Lipinski definition) is 7. The fraction of sp³-hybridized carbons (Fsp3) is 0.513. The first-order chi connectivity index (χ1) is 25.5. The third-order valence-corrected chi connectivity index (χ3v) is 12.0. The van der Waals surface area contributed by atoms with Gasteiger partial charge in [0.15, 0.2) is 22.5 Å². The van der Waals surface area contributed by atoms with E-state index in [0.29, 0.717) is 42.0 Å². The number of rotatable bonds is 12. The summed E-state index contributed by atoms with van der Waals surface area (Å²) in [7, 11) is 0. The summed E-state index contributed by atoms with van der Waals surface area (Å²) in [5, 5.41) is 54.8. The van der Waals surface area contributed by atoms with Crippen molar-refractivity contribution < 1.29 is 54.3 Å². The summed E-state index contributed by atoms with van der Waals surface area (Å²) in [6.45, 7) is 3.24. The van der Waals surface area contributed by atoms with Crippen molar-refractivity contribution in [2.75, 3.05) is 32.8 Å². The van der Waals surface area contributed by atoms with E-state index in [-0.39, 0.29) is 17.9 Å². The van der Waals surface area contributed by atoms with Gasteiger partial charge in [-0.15, -0.1) is 0 Å². The third kappa shape index (κ3) is 6.35. The van der Waals surface area contributed by atoms with Gasteiger partial charge in [-0.05, 0) is 38.8 Å². The lowest BCUT2D eigenvalue weighted by molar-refractivity contribution is -0.856. The third-order valence-electron chi connectivity index (χ3n) is 12.0. The van der Waals surface area contributed by atoms with E-state index in [1.165, 1.54) is 6.07 Å². The van der Waals surface area contributed by atoms with E-state index in [1.54, 1.807) is 31.5 Å². The van der Waals surface area contributed by atoms with Crippen molar-refractivity contribution in [3.63, 3.8) is 0 Å². The lowest BCUT2D eigenvalue weighted by atomic mass is 9.72. The molecule has 2 aromatic rings. The van der Waals surface area contributed by atoms with E-state index < -0.39 is 48.8 Å². The molecular weight excluding hydrogens is 684 g/mol. The van der Waals surface area contributed by atoms with E-state index >= 15 is 0 Å². The number of fused-ring (bicyclic) bond motifs is 4. The monoisotopic (exact) mass is 732 g/mol. The van der Waals surface area contributed by atoms with Crippen LogP contribution in [0.3, 0.4) is 0 Å². The van der Waals surface area contributed by atoms with Gasteiger partial charge in [-0.25, -0.2) is 9.78 Å². The maximum Gasteiger partial charge on any atom is 0.222 e. The number of aliphatic hydroxyl groups is 5. The Bertz CT molecular complexity index is 2030. The molecule has 0 saturated heterocycles. The highest BCUT2D eigenvalue weighted by Crippen LogP contribution is 2.48. The van der Waals surface area contributed by atoms with Gasteiger partial charge >= 0.3 is 0 Å². The summed E-state index contributed by atoms with van der Waals surface area (Å²) in [4.78, 5) is 35.8. The summed E-state index contributed by atoms with van der Waals surface area (Å²) in [5.41, 5.74) is 2.09. The Hall–Kier alpha value is -3.83. The van der Waals surface area contributed by atoms with E-state index in [0.717, 1.165) is 75.8 Å². The van der Waals surface area contributed by atoms with E-state index in [2.05, 4.69) is 9.98 Å². The molecule has 1 aromatic heterocycles. The smallest absolute Gasteiger partial charge is 0.222 e. The quantitative estimate of drug-likeness (QED) is 0.112. The van der Waals surface area contributed by atoms with E-state index in [9.17, 15) is 30.3 Å². The van der Waals surface area contributed by atoms with Crippen LogP contribution in [0.2, 0.25) is 0 Å². The van der Waals surface area contributed by atoms with Gasteiger partial charge in [0.05, 0.1) is 12.0 Å². The van der Waals surface area contributed by atoms with Crippen LogP contribution < -0.4 is 20.0 Å². The molecule has 8 rings (SSSR count). The highest BCUT2D eigenvalue weighted by molar-refractivity contribution is 5.90. The maximum absolute atomic E-state index is 13.4. The Kier molecular flexibility index (Phi) is 9.62. The van der Waals surface area contributed by atoms with Gasteiger partial charge in [-0.2, -0.15) is 0 Å². The van der Waals surface area contributed by atoms with Crippen LogP contribution in [0.15, 0.2) is 78.4 Å². The van der Waals surface area contributed by atoms with E-state index in [4.69, 9.17) is 18.9 Å². The topological polar surface area (TPSA) is 193 Å². The molecule has 5 aliphatic heterocycles. The molecule has 0 spiro atoms. The Labute approximate surface area is 306 Å². The number of ether oxygens (including phenoxy) is 1. The van der Waals surface area contributed by atoms with Crippen LogP contribution in [-0.2, 0) is 16.2 Å². The van der Waals surface area contributed by atoms with Gasteiger partial charge in [0.1, 0.15) is 79.6 Å². The predicted molar refractivity (Wildman–Crippen MR) is 193 cm³/mol. The molecule has 1 aliphatic carbocycles. The molecular formula is C39H48N4O10+2. The number of aliphatic hydroxyl groups excluding tert-OH is 4. The Morgan fingerprint density at radius 3 is 2.64 bits per heavy atom. The van der Waals surface area contributed by atoms with Crippen molar-refractivity contribution in [2.45, 2.75) is 88.0 Å². The molecule has 8 atom stereocenters. The molecule has 6 heterocycles. The number of allylic oxidation sites excluding steroid dienone is 2. The molecule has 0 amide bonds. The normalized spacial score (nSPS) is 29.1. The summed E-state index contributed by atoms with van der Waals surface area (Å²) in [6.07, 6.45) is 10.4. The first-order valence-electron chi connectivity index (χ1n) is 18.6. The standard InChI is InChI=1S/C39H46N4O10/c1-22-14-30(45)26-15-24-16-33(53-50-20-32(47)39(49,37(48)31(46)19-44)21-42-13-10-27-29(42)9-12-40-27)38(2,25-6-4-3-5-7-25)52-35(24)34(36(26)51-22)43-17-23-8-11-41-28(23)18-43/h8-12,14-15,18,25,31-33,37,44,46-49H,3-7,13,16-17,19-21H2,1-2H3/p+2/t31-,32+,33-,37-,38-,39-/m1/s1. The fourth-order valence-corrected chi connectivity index (χ4v) is 8.91. The first kappa shape index (κ1) is 36.2. The van der Waals surface area contributed by atoms with Gasteiger partial charge in [-0.1, -0.05) is 19.3 Å². The van der Waals surface area contributed by atoms with Gasteiger partial charge < -0.3 is 34.7 Å². The number of nitrogens with one attached hydrogen (secondary N) is 2. The van der Waals surface area contributed by atoms with Gasteiger partial charge in [-0.3, -0.25) is 24.6 Å². The molecule has 1 aromatic carbocycles. The number of hydrogen-bond acceptors (Lipinski definition) is 12. The minimum Gasteiger partial charge on any atom is -0.478 e. The second-order valence-electron chi connectivity index (χ2n) is 15.4. The number of aryl methyl sites for hydroxylation is 1. The van der Waals surface area contributed by atoms with Crippen molar-refractivity contribution >= 4 is 29.1 Å². The molecule has 7 N–H and O–H groups in total. The maximum atomic E-state index is 13.4. The van der Waals surface area contributed by atoms with Crippen LogP contribution in [0.4, 0.5) is 5.69 Å². The Balaban J connectivity index is 1.10. The zero-order valence-corrected chi connectivity index (χ0v) is 30.0. The minimum absolute atomic E-state index is 0.0930. The Morgan fingerprint density at radius 1 is 1.09 bits per heavy atom. The van der Waals surface area contributed by atoms with Crippen LogP contribution >= 0.6 is 0 Å². The molecule has 1 saturated carbocycles. The molecule has 53 heavy (non-hydrogen) atoms. The van der Waals surface area contributed by atoms with Crippen molar-refractivity contribution in [1.29, 1.82) is 0 Å². The second kappa shape index (κ2) is 14.1. The molecule has 282 valence electrons. The predicted octanol–water partition coefficient (Wildman–Crippen LogP) is -0.369. The number of quaternary nitrogens is 2. The highest BCUT2D eigenvalue weighted by atomic mass is 17.2. The first-order valence-corrected chi connectivity index (χ1v) is 18.6. The summed E-state index contributed by atoms with van der Waals surface area (Å²) in [5.74, 6) is 1.23. The second-order valence-corrected chi connectivity index (χ2v) is 15.4. The minimum atomic E-state index is -2.30. The lowest BCUT2D eigenvalue weighted by Crippen LogP contribution is -3.11. The van der Waals surface area contributed by atoms with Crippen LogP contribution in [0.1, 0.15) is 50.4 Å². The van der Waals surface area contributed by atoms with E-state index in [1.807, 2.05) is 25.3 Å². The molecule has 1 fully saturated rings. The number of aliphatic imine (C=N–C) groups is 2. The van der Waals surface area contributed by atoms with Gasteiger partial charge in [0.2, 0.25) is 11.3 Å². The molecule has 0 bridgehead atoms. The van der Waals surface area contributed by atoms with Crippen LogP contribution in [0, 0.1) is 12.8 Å². The molecule has 2 unspecified atom stereocenters. The summed E-state index contributed by atoms with van der Waals surface area (Å²) in [6, 6.07) is 3.28. The summed E-state index contributed by atoms with van der Waals surface area (Å²) >= 11 is 0. The van der Waals surface area contributed by atoms with Crippen LogP contribution in [-0.4, -0.2) is 106 Å². The average molecular weight is 733 g/mol. The summed E-state index contributed by atoms with van der Waals surface area (Å²) < 4.78 is 13.4. The zero-order valence-electron chi connectivity index (χ0n) is 30.0. The van der Waals surface area contributed by atoms with Crippen molar-refractivity contribution in [3.8, 4) is 5.75 Å². The lowest BCUT2D eigenvalue weighted by Gasteiger charge is -2.47. The van der Waals surface area contributed by atoms with Crippen LogP contribution in [0.25, 0.3) is 11.0 Å². The molecule has 0 radical (unpaired) electrons. The average Bonchev–Trinajstić information content (AvgIpc) is 3.95. The largest absolute Gasteiger partial charge is 0.478 e. The van der Waals surface area contributed by atoms with Crippen LogP contribution in [0.5, 0.6) is 5.75 Å². The zero-order chi connectivity index (χ0) is 37.1. The SMILES string of the molecule is Cc1cc(=O)c2cc3c(c([NH+]4C=C5N=CC=C5C4)c2o1)O[C@](C)(C1CCCCC1)[C@H](OOC[C@H](O)[C@](O)(C[NH+]1CC=C2N=CC=C21)[C@H](O)[C@H](O)CO)C3. The molecule has 6 aliphatic rings. The fourth-order valence-electron chi connectivity index (χ4n) is 8.91. The molecule has 14 heteroatoms. The van der Waals surface area contributed by atoms with Crippen molar-refractivity contribution in [2.24, 2.45) is 15.9 Å². The molecule has 14 nitrogen and oxygen atoms in total. The Morgan fingerprint density at radius 2 is 1.87 bits per heavy atom.